The standard InChI is InChI=1S/C31H42N4O7/c1-20(36)34-24-9-7-21-18-27(39-2)30(40-3)31(41-4)29(21)22-8-10-25(26(37)19-23(22)24)32-11-5-6-28(38)33-12-13-35-14-16-42-17-15-35/h8,10,18-19,24H,5-7,9,11-17H2,1-4H3,(H,32,37)(H,33,38)(H,34,36). The number of aryl methyl sites for hydroxylation is 1. The highest BCUT2D eigenvalue weighted by molar-refractivity contribution is 5.83. The van der Waals surface area contributed by atoms with Crippen molar-refractivity contribution in [3.05, 3.63) is 45.6 Å². The molecule has 0 aromatic heterocycles. The minimum atomic E-state index is -0.374. The molecule has 0 radical (unpaired) electrons. The van der Waals surface area contributed by atoms with E-state index in [9.17, 15) is 14.4 Å². The van der Waals surface area contributed by atoms with Gasteiger partial charge in [0.05, 0.1) is 46.3 Å². The van der Waals surface area contributed by atoms with Crippen molar-refractivity contribution in [2.75, 3.05) is 72.6 Å². The zero-order valence-corrected chi connectivity index (χ0v) is 25.0. The van der Waals surface area contributed by atoms with Gasteiger partial charge in [-0.1, -0.05) is 6.07 Å². The molecule has 2 amide bonds. The van der Waals surface area contributed by atoms with Crippen LogP contribution in [0, 0.1) is 0 Å². The van der Waals surface area contributed by atoms with E-state index in [0.717, 1.165) is 49.5 Å². The summed E-state index contributed by atoms with van der Waals surface area (Å²) in [4.78, 5) is 40.1. The lowest BCUT2D eigenvalue weighted by Crippen LogP contribution is -2.41. The molecular formula is C31H42N4O7. The molecule has 11 nitrogen and oxygen atoms in total. The normalized spacial score (nSPS) is 16.3. The van der Waals surface area contributed by atoms with Crippen LogP contribution in [-0.2, 0) is 20.7 Å². The molecular weight excluding hydrogens is 540 g/mol. The van der Waals surface area contributed by atoms with Crippen molar-refractivity contribution in [2.24, 2.45) is 0 Å². The van der Waals surface area contributed by atoms with Gasteiger partial charge in [-0.15, -0.1) is 0 Å². The Labute approximate surface area is 246 Å². The van der Waals surface area contributed by atoms with E-state index in [1.807, 2.05) is 12.1 Å². The van der Waals surface area contributed by atoms with E-state index < -0.39 is 0 Å². The first-order valence-electron chi connectivity index (χ1n) is 14.4. The fraction of sp³-hybridized carbons (Fsp3) is 0.516. The molecule has 1 aliphatic heterocycles. The Bertz CT molecular complexity index is 1330. The third-order valence-corrected chi connectivity index (χ3v) is 7.67. The Morgan fingerprint density at radius 3 is 2.48 bits per heavy atom. The molecule has 1 heterocycles. The summed E-state index contributed by atoms with van der Waals surface area (Å²) < 4.78 is 22.4. The van der Waals surface area contributed by atoms with Gasteiger partial charge in [0, 0.05) is 51.6 Å². The van der Waals surface area contributed by atoms with Gasteiger partial charge in [0.1, 0.15) is 0 Å². The van der Waals surface area contributed by atoms with Crippen molar-refractivity contribution >= 4 is 17.5 Å². The van der Waals surface area contributed by atoms with E-state index in [2.05, 4.69) is 20.9 Å². The zero-order chi connectivity index (χ0) is 30.1. The number of methoxy groups -OCH3 is 3. The number of hydrogen-bond donors (Lipinski definition) is 3. The number of benzene rings is 1. The molecule has 1 atom stereocenters. The summed E-state index contributed by atoms with van der Waals surface area (Å²) in [5, 5.41) is 9.19. The topological polar surface area (TPSA) is 127 Å². The summed E-state index contributed by atoms with van der Waals surface area (Å²) in [5.41, 5.74) is 3.44. The number of rotatable bonds is 12. The smallest absolute Gasteiger partial charge is 0.220 e. The van der Waals surface area contributed by atoms with E-state index in [1.165, 1.54) is 6.92 Å². The fourth-order valence-electron chi connectivity index (χ4n) is 5.59. The van der Waals surface area contributed by atoms with Crippen LogP contribution in [0.3, 0.4) is 0 Å². The predicted octanol–water partition coefficient (Wildman–Crippen LogP) is 2.50. The SMILES string of the molecule is COc1cc2c(c(OC)c1OC)-c1ccc(NCCCC(=O)NCCN3CCOCC3)c(=O)cc1C(NC(C)=O)CC2. The summed E-state index contributed by atoms with van der Waals surface area (Å²) in [6.45, 7) is 6.59. The van der Waals surface area contributed by atoms with Gasteiger partial charge in [0.2, 0.25) is 23.0 Å². The first-order valence-corrected chi connectivity index (χ1v) is 14.4. The molecule has 1 aliphatic carbocycles. The lowest BCUT2D eigenvalue weighted by atomic mass is 9.95. The van der Waals surface area contributed by atoms with E-state index in [-0.39, 0.29) is 23.3 Å². The molecule has 11 heteroatoms. The maximum absolute atomic E-state index is 13.4. The monoisotopic (exact) mass is 582 g/mol. The summed E-state index contributed by atoms with van der Waals surface area (Å²) >= 11 is 0. The fourth-order valence-corrected chi connectivity index (χ4v) is 5.59. The Morgan fingerprint density at radius 1 is 1.02 bits per heavy atom. The lowest BCUT2D eigenvalue weighted by Gasteiger charge is -2.26. The van der Waals surface area contributed by atoms with E-state index in [1.54, 1.807) is 33.5 Å². The van der Waals surface area contributed by atoms with Crippen LogP contribution < -0.4 is 35.6 Å². The summed E-state index contributed by atoms with van der Waals surface area (Å²) in [7, 11) is 4.70. The van der Waals surface area contributed by atoms with E-state index in [4.69, 9.17) is 18.9 Å². The first kappa shape index (κ1) is 31.1. The molecule has 0 spiro atoms. The van der Waals surface area contributed by atoms with Crippen molar-refractivity contribution in [1.82, 2.24) is 15.5 Å². The van der Waals surface area contributed by atoms with Crippen molar-refractivity contribution in [3.63, 3.8) is 0 Å². The molecule has 2 aliphatic rings. The van der Waals surface area contributed by atoms with E-state index in [0.29, 0.717) is 67.3 Å². The highest BCUT2D eigenvalue weighted by Gasteiger charge is 2.29. The average molecular weight is 583 g/mol. The number of nitrogens with one attached hydrogen (secondary N) is 3. The Kier molecular flexibility index (Phi) is 11.0. The van der Waals surface area contributed by atoms with Gasteiger partial charge in [0.15, 0.2) is 11.5 Å². The third kappa shape index (κ3) is 7.51. The molecule has 42 heavy (non-hydrogen) atoms. The van der Waals surface area contributed by atoms with Gasteiger partial charge in [-0.25, -0.2) is 0 Å². The molecule has 0 bridgehead atoms. The zero-order valence-electron chi connectivity index (χ0n) is 25.0. The highest BCUT2D eigenvalue weighted by Crippen LogP contribution is 2.50. The number of carbonyl (C=O) groups excluding carboxylic acids is 2. The molecule has 1 unspecified atom stereocenters. The number of hydrogen-bond acceptors (Lipinski definition) is 9. The maximum Gasteiger partial charge on any atom is 0.220 e. The Hall–Kier alpha value is -3.83. The van der Waals surface area contributed by atoms with Gasteiger partial charge >= 0.3 is 0 Å². The molecule has 1 saturated heterocycles. The van der Waals surface area contributed by atoms with Gasteiger partial charge in [-0.05, 0) is 54.2 Å². The number of nitrogens with zero attached hydrogens (tertiary/aromatic N) is 1. The summed E-state index contributed by atoms with van der Waals surface area (Å²) in [6, 6.07) is 6.76. The molecule has 2 aromatic rings. The molecule has 0 saturated carbocycles. The number of ether oxygens (including phenoxy) is 4. The molecule has 2 aromatic carbocycles. The molecule has 3 N–H and O–H groups in total. The van der Waals surface area contributed by atoms with Crippen LogP contribution in [0.5, 0.6) is 17.2 Å². The molecule has 1 fully saturated rings. The number of carbonyl (C=O) groups is 2. The maximum atomic E-state index is 13.4. The molecule has 228 valence electrons. The van der Waals surface area contributed by atoms with Gasteiger partial charge in [0.25, 0.3) is 0 Å². The second-order valence-electron chi connectivity index (χ2n) is 10.4. The van der Waals surface area contributed by atoms with Crippen molar-refractivity contribution in [3.8, 4) is 28.4 Å². The van der Waals surface area contributed by atoms with Gasteiger partial charge in [-0.2, -0.15) is 0 Å². The van der Waals surface area contributed by atoms with Crippen LogP contribution in [0.1, 0.15) is 43.4 Å². The highest BCUT2D eigenvalue weighted by atomic mass is 16.5. The average Bonchev–Trinajstić information content (AvgIpc) is 3.23. The largest absolute Gasteiger partial charge is 0.493 e. The van der Waals surface area contributed by atoms with Crippen LogP contribution in [0.4, 0.5) is 5.69 Å². The summed E-state index contributed by atoms with van der Waals surface area (Å²) in [5.74, 6) is 1.32. The van der Waals surface area contributed by atoms with Gasteiger partial charge < -0.3 is 34.9 Å². The van der Waals surface area contributed by atoms with Crippen LogP contribution in [0.25, 0.3) is 11.1 Å². The predicted molar refractivity (Wildman–Crippen MR) is 161 cm³/mol. The van der Waals surface area contributed by atoms with E-state index >= 15 is 0 Å². The first-order chi connectivity index (χ1) is 20.4. The van der Waals surface area contributed by atoms with Crippen molar-refractivity contribution in [1.29, 1.82) is 0 Å². The van der Waals surface area contributed by atoms with Crippen LogP contribution in [-0.4, -0.2) is 84.0 Å². The Morgan fingerprint density at radius 2 is 1.79 bits per heavy atom. The quantitative estimate of drug-likeness (QED) is 0.324. The van der Waals surface area contributed by atoms with Crippen LogP contribution in [0.15, 0.2) is 29.1 Å². The Balaban J connectivity index is 1.52. The van der Waals surface area contributed by atoms with Crippen molar-refractivity contribution < 1.29 is 28.5 Å². The number of amides is 2. The van der Waals surface area contributed by atoms with Crippen LogP contribution in [0.2, 0.25) is 0 Å². The minimum absolute atomic E-state index is 0.0102. The summed E-state index contributed by atoms with van der Waals surface area (Å²) in [6.07, 6.45) is 2.15. The number of morpholine rings is 1. The minimum Gasteiger partial charge on any atom is -0.493 e. The third-order valence-electron chi connectivity index (χ3n) is 7.67. The molecule has 4 rings (SSSR count). The van der Waals surface area contributed by atoms with Crippen LogP contribution >= 0.6 is 0 Å². The van der Waals surface area contributed by atoms with Crippen molar-refractivity contribution in [2.45, 2.75) is 38.6 Å². The second kappa shape index (κ2) is 14.9. The number of fused-ring (bicyclic) bond motifs is 3. The number of anilines is 1. The lowest BCUT2D eigenvalue weighted by molar-refractivity contribution is -0.121. The second-order valence-corrected chi connectivity index (χ2v) is 10.4. The van der Waals surface area contributed by atoms with Gasteiger partial charge in [-0.3, -0.25) is 19.3 Å².